The highest BCUT2D eigenvalue weighted by atomic mass is 35.5. The Bertz CT molecular complexity index is 842. The van der Waals surface area contributed by atoms with Gasteiger partial charge in [0, 0.05) is 13.1 Å². The Morgan fingerprint density at radius 3 is 2.40 bits per heavy atom. The Hall–Kier alpha value is -1.40. The molecule has 4 rings (SSSR count). The summed E-state index contributed by atoms with van der Waals surface area (Å²) in [7, 11) is -3.49. The summed E-state index contributed by atoms with van der Waals surface area (Å²) < 4.78 is 28.3. The lowest BCUT2D eigenvalue weighted by atomic mass is 9.88. The van der Waals surface area contributed by atoms with Crippen molar-refractivity contribution < 1.29 is 8.42 Å². The van der Waals surface area contributed by atoms with Gasteiger partial charge in [0.2, 0.25) is 10.0 Å². The first-order valence-electron chi connectivity index (χ1n) is 8.42. The highest BCUT2D eigenvalue weighted by Crippen LogP contribution is 2.46. The third-order valence-corrected chi connectivity index (χ3v) is 7.24. The lowest BCUT2D eigenvalue weighted by Gasteiger charge is -2.29. The second kappa shape index (κ2) is 7.08. The second-order valence-electron chi connectivity index (χ2n) is 6.77. The van der Waals surface area contributed by atoms with E-state index >= 15 is 0 Å². The summed E-state index contributed by atoms with van der Waals surface area (Å²) in [6.07, 6.45) is 0. The van der Waals surface area contributed by atoms with Crippen LogP contribution in [0.25, 0.3) is 0 Å². The number of aryl methyl sites for hydroxylation is 1. The number of halogens is 1. The monoisotopic (exact) mass is 378 g/mol. The zero-order valence-electron chi connectivity index (χ0n) is 14.1. The summed E-state index contributed by atoms with van der Waals surface area (Å²) in [6.45, 7) is 4.44. The molecule has 0 radical (unpaired) electrons. The predicted octanol–water partition coefficient (Wildman–Crippen LogP) is 3.00. The van der Waals surface area contributed by atoms with Crippen LogP contribution in [-0.2, 0) is 10.0 Å². The normalized spacial score (nSPS) is 26.2. The van der Waals surface area contributed by atoms with Crippen LogP contribution in [0.4, 0.5) is 0 Å². The van der Waals surface area contributed by atoms with Gasteiger partial charge in [-0.2, -0.15) is 4.31 Å². The van der Waals surface area contributed by atoms with Gasteiger partial charge in [0.1, 0.15) is 0 Å². The van der Waals surface area contributed by atoms with Gasteiger partial charge in [0.05, 0.1) is 10.9 Å². The van der Waals surface area contributed by atoms with E-state index in [0.717, 1.165) is 24.2 Å². The maximum Gasteiger partial charge on any atom is 0.243 e. The highest BCUT2D eigenvalue weighted by Gasteiger charge is 2.49. The van der Waals surface area contributed by atoms with Crippen LogP contribution in [-0.4, -0.2) is 32.4 Å². The SMILES string of the molecule is Cc1ccccc1[C@@H]1[C@H]2CNC[C@H]2CN1S(=O)(=O)c1ccccc1.Cl. The van der Waals surface area contributed by atoms with Crippen molar-refractivity contribution >= 4 is 22.4 Å². The molecular formula is C19H23ClN2O2S. The van der Waals surface area contributed by atoms with Crippen molar-refractivity contribution in [1.82, 2.24) is 9.62 Å². The van der Waals surface area contributed by atoms with Gasteiger partial charge in [-0.15, -0.1) is 12.4 Å². The third kappa shape index (κ3) is 3.10. The standard InChI is InChI=1S/C19H22N2O2S.ClH/c1-14-7-5-6-10-17(14)19-18-12-20-11-15(18)13-21(19)24(22,23)16-8-3-2-4-9-16;/h2-10,15,18-20H,11-13H2,1H3;1H/t15-,18-,19+;/m0./s1. The van der Waals surface area contributed by atoms with Gasteiger partial charge in [-0.1, -0.05) is 42.5 Å². The fourth-order valence-corrected chi connectivity index (χ4v) is 5.89. The minimum absolute atomic E-state index is 0. The van der Waals surface area contributed by atoms with Crippen molar-refractivity contribution in [2.75, 3.05) is 19.6 Å². The molecule has 0 aromatic heterocycles. The Labute approximate surface area is 155 Å². The molecule has 0 amide bonds. The Morgan fingerprint density at radius 2 is 1.68 bits per heavy atom. The van der Waals surface area contributed by atoms with Crippen molar-refractivity contribution in [2.24, 2.45) is 11.8 Å². The van der Waals surface area contributed by atoms with E-state index < -0.39 is 10.0 Å². The first-order valence-corrected chi connectivity index (χ1v) is 9.86. The smallest absolute Gasteiger partial charge is 0.243 e. The number of hydrogen-bond donors (Lipinski definition) is 1. The third-order valence-electron chi connectivity index (χ3n) is 5.38. The van der Waals surface area contributed by atoms with E-state index in [1.807, 2.05) is 18.2 Å². The van der Waals surface area contributed by atoms with E-state index in [1.54, 1.807) is 28.6 Å². The van der Waals surface area contributed by atoms with Crippen LogP contribution in [0.15, 0.2) is 59.5 Å². The number of hydrogen-bond acceptors (Lipinski definition) is 3. The van der Waals surface area contributed by atoms with Crippen LogP contribution in [0.1, 0.15) is 17.2 Å². The summed E-state index contributed by atoms with van der Waals surface area (Å²) >= 11 is 0. The van der Waals surface area contributed by atoms with Gasteiger partial charge in [-0.3, -0.25) is 0 Å². The Balaban J connectivity index is 0.00000182. The maximum absolute atomic E-state index is 13.3. The maximum atomic E-state index is 13.3. The molecule has 2 aliphatic heterocycles. The van der Waals surface area contributed by atoms with Gasteiger partial charge in [0.25, 0.3) is 0 Å². The molecule has 0 spiro atoms. The first-order chi connectivity index (χ1) is 11.6. The quantitative estimate of drug-likeness (QED) is 0.893. The van der Waals surface area contributed by atoms with E-state index in [-0.39, 0.29) is 18.4 Å². The molecule has 134 valence electrons. The van der Waals surface area contributed by atoms with Crippen molar-refractivity contribution in [3.63, 3.8) is 0 Å². The Kier molecular flexibility index (Phi) is 5.21. The molecule has 0 aliphatic carbocycles. The lowest BCUT2D eigenvalue weighted by molar-refractivity contribution is 0.344. The summed E-state index contributed by atoms with van der Waals surface area (Å²) in [5.41, 5.74) is 2.29. The van der Waals surface area contributed by atoms with Gasteiger partial charge in [-0.05, 0) is 48.6 Å². The van der Waals surface area contributed by atoms with Crippen LogP contribution in [0, 0.1) is 18.8 Å². The molecule has 4 nitrogen and oxygen atoms in total. The van der Waals surface area contributed by atoms with Crippen LogP contribution >= 0.6 is 12.4 Å². The summed E-state index contributed by atoms with van der Waals surface area (Å²) in [5, 5.41) is 3.43. The van der Waals surface area contributed by atoms with Crippen LogP contribution in [0.5, 0.6) is 0 Å². The number of sulfonamides is 1. The lowest BCUT2D eigenvalue weighted by Crippen LogP contribution is -2.35. The van der Waals surface area contributed by atoms with Crippen molar-refractivity contribution in [2.45, 2.75) is 17.9 Å². The number of benzene rings is 2. The zero-order valence-corrected chi connectivity index (χ0v) is 15.8. The van der Waals surface area contributed by atoms with E-state index in [9.17, 15) is 8.42 Å². The Morgan fingerprint density at radius 1 is 1.00 bits per heavy atom. The van der Waals surface area contributed by atoms with Crippen LogP contribution in [0.2, 0.25) is 0 Å². The zero-order chi connectivity index (χ0) is 16.7. The molecule has 0 saturated carbocycles. The molecule has 3 atom stereocenters. The largest absolute Gasteiger partial charge is 0.316 e. The fourth-order valence-electron chi connectivity index (χ4n) is 4.16. The van der Waals surface area contributed by atoms with Gasteiger partial charge in [-0.25, -0.2) is 8.42 Å². The number of nitrogens with zero attached hydrogens (tertiary/aromatic N) is 1. The summed E-state index contributed by atoms with van der Waals surface area (Å²) in [6, 6.07) is 16.9. The summed E-state index contributed by atoms with van der Waals surface area (Å²) in [5.74, 6) is 0.720. The molecule has 1 N–H and O–H groups in total. The molecule has 2 aromatic carbocycles. The van der Waals surface area contributed by atoms with Gasteiger partial charge < -0.3 is 5.32 Å². The van der Waals surface area contributed by atoms with Crippen molar-refractivity contribution in [3.8, 4) is 0 Å². The molecule has 2 aromatic rings. The highest BCUT2D eigenvalue weighted by molar-refractivity contribution is 7.89. The number of rotatable bonds is 3. The molecule has 0 bridgehead atoms. The van der Waals surface area contributed by atoms with E-state index in [1.165, 1.54) is 0 Å². The van der Waals surface area contributed by atoms with Crippen molar-refractivity contribution in [3.05, 3.63) is 65.7 Å². The fraction of sp³-hybridized carbons (Fsp3) is 0.368. The molecule has 2 aliphatic rings. The average molecular weight is 379 g/mol. The van der Waals surface area contributed by atoms with Crippen molar-refractivity contribution in [1.29, 1.82) is 0 Å². The molecule has 2 saturated heterocycles. The van der Waals surface area contributed by atoms with E-state index in [2.05, 4.69) is 24.4 Å². The molecule has 2 fully saturated rings. The topological polar surface area (TPSA) is 49.4 Å². The number of nitrogens with one attached hydrogen (secondary N) is 1. The first kappa shape index (κ1) is 18.4. The summed E-state index contributed by atoms with van der Waals surface area (Å²) in [4.78, 5) is 0.386. The molecule has 0 unspecified atom stereocenters. The predicted molar refractivity (Wildman–Crippen MR) is 101 cm³/mol. The van der Waals surface area contributed by atoms with Crippen LogP contribution < -0.4 is 5.32 Å². The number of fused-ring (bicyclic) bond motifs is 1. The second-order valence-corrected chi connectivity index (χ2v) is 8.66. The minimum Gasteiger partial charge on any atom is -0.316 e. The molecular weight excluding hydrogens is 356 g/mol. The molecule has 6 heteroatoms. The van der Waals surface area contributed by atoms with E-state index in [4.69, 9.17) is 0 Å². The molecule has 25 heavy (non-hydrogen) atoms. The minimum atomic E-state index is -3.49. The van der Waals surface area contributed by atoms with E-state index in [0.29, 0.717) is 23.3 Å². The van der Waals surface area contributed by atoms with Gasteiger partial charge >= 0.3 is 0 Å². The average Bonchev–Trinajstić information content (AvgIpc) is 3.18. The molecule has 2 heterocycles. The van der Waals surface area contributed by atoms with Gasteiger partial charge in [0.15, 0.2) is 0 Å². The van der Waals surface area contributed by atoms with Crippen LogP contribution in [0.3, 0.4) is 0 Å².